The maximum atomic E-state index is 11.7. The van der Waals surface area contributed by atoms with Crippen molar-refractivity contribution in [2.45, 2.75) is 6.92 Å². The third-order valence-electron chi connectivity index (χ3n) is 4.23. The molecule has 0 aliphatic rings. The zero-order chi connectivity index (χ0) is 19.0. The zero-order valence-electron chi connectivity index (χ0n) is 14.8. The van der Waals surface area contributed by atoms with Crippen LogP contribution in [0, 0.1) is 0 Å². The highest BCUT2D eigenvalue weighted by Crippen LogP contribution is 2.45. The third kappa shape index (κ3) is 3.15. The summed E-state index contributed by atoms with van der Waals surface area (Å²) in [6.07, 6.45) is 0. The van der Waals surface area contributed by atoms with Gasteiger partial charge < -0.3 is 19.6 Å². The van der Waals surface area contributed by atoms with E-state index in [1.807, 2.05) is 53.9 Å². The SMILES string of the molecule is COc1ccc(-c2cc(OC(C)=O)c3c(-c4cccs4)c(N)oc3c2)cc1. The van der Waals surface area contributed by atoms with Crippen LogP contribution in [-0.4, -0.2) is 13.1 Å². The molecule has 4 aromatic rings. The first-order valence-corrected chi connectivity index (χ1v) is 9.17. The summed E-state index contributed by atoms with van der Waals surface area (Å²) in [6.45, 7) is 1.38. The lowest BCUT2D eigenvalue weighted by molar-refractivity contribution is -0.131. The highest BCUT2D eigenvalue weighted by Gasteiger charge is 2.21. The van der Waals surface area contributed by atoms with E-state index < -0.39 is 5.97 Å². The van der Waals surface area contributed by atoms with Crippen LogP contribution in [-0.2, 0) is 4.79 Å². The molecule has 2 aromatic carbocycles. The quantitative estimate of drug-likeness (QED) is 0.382. The van der Waals surface area contributed by atoms with Crippen LogP contribution in [0.5, 0.6) is 11.5 Å². The van der Waals surface area contributed by atoms with Gasteiger partial charge in [-0.15, -0.1) is 11.3 Å². The first-order valence-electron chi connectivity index (χ1n) is 8.29. The molecular formula is C21H17NO4S. The topological polar surface area (TPSA) is 74.7 Å². The van der Waals surface area contributed by atoms with Crippen molar-refractivity contribution in [3.05, 3.63) is 53.9 Å². The van der Waals surface area contributed by atoms with Gasteiger partial charge in [0.15, 0.2) is 0 Å². The summed E-state index contributed by atoms with van der Waals surface area (Å²) >= 11 is 1.55. The Kier molecular flexibility index (Phi) is 4.33. The highest BCUT2D eigenvalue weighted by atomic mass is 32.1. The van der Waals surface area contributed by atoms with Crippen LogP contribution in [0.2, 0.25) is 0 Å². The minimum absolute atomic E-state index is 0.299. The monoisotopic (exact) mass is 379 g/mol. The van der Waals surface area contributed by atoms with Gasteiger partial charge in [-0.05, 0) is 46.8 Å². The number of fused-ring (bicyclic) bond motifs is 1. The van der Waals surface area contributed by atoms with Crippen LogP contribution in [0.4, 0.5) is 5.88 Å². The fourth-order valence-electron chi connectivity index (χ4n) is 3.06. The summed E-state index contributed by atoms with van der Waals surface area (Å²) in [6, 6.07) is 15.2. The molecule has 2 aromatic heterocycles. The van der Waals surface area contributed by atoms with E-state index in [0.29, 0.717) is 22.6 Å². The minimum Gasteiger partial charge on any atom is -0.497 e. The summed E-state index contributed by atoms with van der Waals surface area (Å²) in [7, 11) is 1.62. The third-order valence-corrected chi connectivity index (χ3v) is 5.11. The summed E-state index contributed by atoms with van der Waals surface area (Å²) in [4.78, 5) is 12.7. The number of esters is 1. The molecule has 0 unspecified atom stereocenters. The molecule has 0 fully saturated rings. The summed E-state index contributed by atoms with van der Waals surface area (Å²) in [5.74, 6) is 1.09. The largest absolute Gasteiger partial charge is 0.497 e. The van der Waals surface area contributed by atoms with Gasteiger partial charge in [-0.2, -0.15) is 0 Å². The van der Waals surface area contributed by atoms with Gasteiger partial charge in [-0.3, -0.25) is 4.79 Å². The molecule has 2 heterocycles. The van der Waals surface area contributed by atoms with Gasteiger partial charge in [0.05, 0.1) is 18.1 Å². The number of carbonyl (C=O) groups is 1. The van der Waals surface area contributed by atoms with Crippen LogP contribution in [0.1, 0.15) is 6.92 Å². The second kappa shape index (κ2) is 6.81. The Bertz CT molecular complexity index is 1110. The van der Waals surface area contributed by atoms with Gasteiger partial charge in [-0.1, -0.05) is 18.2 Å². The van der Waals surface area contributed by atoms with Crippen molar-refractivity contribution in [2.24, 2.45) is 0 Å². The number of nitrogens with two attached hydrogens (primary N) is 1. The van der Waals surface area contributed by atoms with E-state index in [4.69, 9.17) is 19.6 Å². The standard InChI is InChI=1S/C21H17NO4S/c1-12(23)25-16-10-14(13-5-7-15(24-2)8-6-13)11-17-19(16)20(21(22)26-17)18-4-3-9-27-18/h3-11H,22H2,1-2H3. The predicted octanol–water partition coefficient (Wildman–Crippen LogP) is 5.34. The number of hydrogen-bond donors (Lipinski definition) is 1. The Morgan fingerprint density at radius 3 is 2.52 bits per heavy atom. The van der Waals surface area contributed by atoms with Gasteiger partial charge >= 0.3 is 5.97 Å². The first-order chi connectivity index (χ1) is 13.1. The smallest absolute Gasteiger partial charge is 0.308 e. The number of thiophene rings is 1. The number of anilines is 1. The second-order valence-electron chi connectivity index (χ2n) is 5.99. The average molecular weight is 379 g/mol. The van der Waals surface area contributed by atoms with E-state index in [-0.39, 0.29) is 0 Å². The van der Waals surface area contributed by atoms with Crippen molar-refractivity contribution < 1.29 is 18.7 Å². The number of nitrogen functional groups attached to an aromatic ring is 1. The zero-order valence-corrected chi connectivity index (χ0v) is 15.6. The molecular weight excluding hydrogens is 362 g/mol. The van der Waals surface area contributed by atoms with Crippen molar-refractivity contribution in [2.75, 3.05) is 12.8 Å². The molecule has 2 N–H and O–H groups in total. The van der Waals surface area contributed by atoms with Gasteiger partial charge in [0.1, 0.15) is 17.1 Å². The van der Waals surface area contributed by atoms with Crippen LogP contribution >= 0.6 is 11.3 Å². The molecule has 0 aliphatic carbocycles. The van der Waals surface area contributed by atoms with E-state index in [9.17, 15) is 4.79 Å². The number of hydrogen-bond acceptors (Lipinski definition) is 6. The first kappa shape index (κ1) is 17.2. The van der Waals surface area contributed by atoms with E-state index in [0.717, 1.165) is 27.3 Å². The Hall–Kier alpha value is -3.25. The average Bonchev–Trinajstić information content (AvgIpc) is 3.28. The number of methoxy groups -OCH3 is 1. The number of rotatable bonds is 4. The van der Waals surface area contributed by atoms with Crippen molar-refractivity contribution in [1.29, 1.82) is 0 Å². The van der Waals surface area contributed by atoms with Crippen molar-refractivity contribution in [3.63, 3.8) is 0 Å². The van der Waals surface area contributed by atoms with Crippen LogP contribution in [0.15, 0.2) is 58.3 Å². The lowest BCUT2D eigenvalue weighted by Crippen LogP contribution is -2.02. The second-order valence-corrected chi connectivity index (χ2v) is 6.94. The molecule has 0 bridgehead atoms. The van der Waals surface area contributed by atoms with Gasteiger partial charge in [0, 0.05) is 11.8 Å². The molecule has 4 rings (SSSR count). The predicted molar refractivity (Wildman–Crippen MR) is 107 cm³/mol. The molecule has 0 radical (unpaired) electrons. The number of benzene rings is 2. The summed E-state index contributed by atoms with van der Waals surface area (Å²) in [5.41, 5.74) is 9.27. The fraction of sp³-hybridized carbons (Fsp3) is 0.0952. The highest BCUT2D eigenvalue weighted by molar-refractivity contribution is 7.13. The fourth-order valence-corrected chi connectivity index (χ4v) is 3.84. The van der Waals surface area contributed by atoms with Gasteiger partial charge in [-0.25, -0.2) is 0 Å². The maximum Gasteiger partial charge on any atom is 0.308 e. The van der Waals surface area contributed by atoms with E-state index in [1.165, 1.54) is 6.92 Å². The number of furan rings is 1. The normalized spacial score (nSPS) is 10.9. The maximum absolute atomic E-state index is 11.7. The Labute approximate surface area is 159 Å². The molecule has 0 spiro atoms. The molecule has 0 saturated carbocycles. The molecule has 6 heteroatoms. The molecule has 0 saturated heterocycles. The van der Waals surface area contributed by atoms with E-state index in [2.05, 4.69) is 0 Å². The minimum atomic E-state index is -0.403. The molecule has 136 valence electrons. The molecule has 27 heavy (non-hydrogen) atoms. The van der Waals surface area contributed by atoms with Crippen LogP contribution in [0.3, 0.4) is 0 Å². The Morgan fingerprint density at radius 1 is 1.11 bits per heavy atom. The van der Waals surface area contributed by atoms with Crippen LogP contribution in [0.25, 0.3) is 32.5 Å². The van der Waals surface area contributed by atoms with Crippen LogP contribution < -0.4 is 15.2 Å². The molecule has 0 aliphatic heterocycles. The lowest BCUT2D eigenvalue weighted by atomic mass is 10.0. The summed E-state index contributed by atoms with van der Waals surface area (Å²) in [5, 5.41) is 2.66. The van der Waals surface area contributed by atoms with Crippen molar-refractivity contribution in [1.82, 2.24) is 0 Å². The van der Waals surface area contributed by atoms with Crippen molar-refractivity contribution >= 4 is 34.2 Å². The summed E-state index contributed by atoms with van der Waals surface area (Å²) < 4.78 is 16.5. The van der Waals surface area contributed by atoms with E-state index >= 15 is 0 Å². The van der Waals surface area contributed by atoms with E-state index in [1.54, 1.807) is 18.4 Å². The molecule has 0 atom stereocenters. The molecule has 5 nitrogen and oxygen atoms in total. The Morgan fingerprint density at radius 2 is 1.89 bits per heavy atom. The lowest BCUT2D eigenvalue weighted by Gasteiger charge is -2.09. The van der Waals surface area contributed by atoms with Gasteiger partial charge in [0.25, 0.3) is 0 Å². The molecule has 0 amide bonds. The van der Waals surface area contributed by atoms with Gasteiger partial charge in [0.2, 0.25) is 5.88 Å². The Balaban J connectivity index is 1.94. The number of carbonyl (C=O) groups excluding carboxylic acids is 1. The number of ether oxygens (including phenoxy) is 2. The van der Waals surface area contributed by atoms with Crippen molar-refractivity contribution in [3.8, 4) is 33.1 Å².